The maximum Gasteiger partial charge on any atom is 0.191 e. The molecule has 2 aromatic rings. The van der Waals surface area contributed by atoms with Crippen LogP contribution in [0.25, 0.3) is 0 Å². The molecule has 0 amide bonds. The molecule has 0 aliphatic heterocycles. The lowest BCUT2D eigenvalue weighted by atomic mass is 10.2. The zero-order valence-electron chi connectivity index (χ0n) is 15.9. The van der Waals surface area contributed by atoms with Crippen LogP contribution in [0.3, 0.4) is 0 Å². The maximum absolute atomic E-state index is 5.70. The number of pyridine rings is 1. The monoisotopic (exact) mass is 355 g/mol. The topological polar surface area (TPSA) is 61.8 Å². The van der Waals surface area contributed by atoms with Gasteiger partial charge in [-0.1, -0.05) is 18.2 Å². The molecule has 1 heterocycles. The van der Waals surface area contributed by atoms with Gasteiger partial charge in [-0.05, 0) is 43.2 Å². The quantitative estimate of drug-likeness (QED) is 0.411. The van der Waals surface area contributed by atoms with Crippen molar-refractivity contribution in [1.29, 1.82) is 0 Å². The van der Waals surface area contributed by atoms with Crippen LogP contribution in [0.2, 0.25) is 0 Å². The molecule has 0 unspecified atom stereocenters. The summed E-state index contributed by atoms with van der Waals surface area (Å²) in [5.74, 6) is 2.66. The van der Waals surface area contributed by atoms with Crippen LogP contribution in [0.5, 0.6) is 5.75 Å². The third-order valence-electron chi connectivity index (χ3n) is 3.66. The fraction of sp³-hybridized carbons (Fsp3) is 0.400. The molecule has 0 radical (unpaired) electrons. The minimum Gasteiger partial charge on any atom is -0.494 e. The van der Waals surface area contributed by atoms with Gasteiger partial charge in [-0.25, -0.2) is 9.98 Å². The van der Waals surface area contributed by atoms with Crippen LogP contribution in [0.1, 0.15) is 18.9 Å². The van der Waals surface area contributed by atoms with E-state index in [9.17, 15) is 0 Å². The van der Waals surface area contributed by atoms with E-state index in [1.54, 1.807) is 0 Å². The average Bonchev–Trinajstić information content (AvgIpc) is 2.66. The van der Waals surface area contributed by atoms with Gasteiger partial charge < -0.3 is 20.3 Å². The van der Waals surface area contributed by atoms with Gasteiger partial charge in [0.1, 0.15) is 11.6 Å². The summed E-state index contributed by atoms with van der Waals surface area (Å²) in [5.41, 5.74) is 1.13. The molecule has 140 valence electrons. The molecule has 0 atom stereocenters. The number of guanidine groups is 1. The van der Waals surface area contributed by atoms with Crippen molar-refractivity contribution in [3.05, 3.63) is 54.2 Å². The molecule has 0 fully saturated rings. The van der Waals surface area contributed by atoms with Crippen molar-refractivity contribution >= 4 is 11.8 Å². The van der Waals surface area contributed by atoms with Gasteiger partial charge in [0.25, 0.3) is 0 Å². The first-order valence-corrected chi connectivity index (χ1v) is 9.01. The fourth-order valence-corrected chi connectivity index (χ4v) is 2.30. The van der Waals surface area contributed by atoms with E-state index in [-0.39, 0.29) is 0 Å². The van der Waals surface area contributed by atoms with Gasteiger partial charge in [-0.2, -0.15) is 0 Å². The van der Waals surface area contributed by atoms with E-state index < -0.39 is 0 Å². The van der Waals surface area contributed by atoms with E-state index in [2.05, 4.69) is 33.6 Å². The fourth-order valence-electron chi connectivity index (χ4n) is 2.30. The number of hydrogen-bond acceptors (Lipinski definition) is 4. The number of aromatic nitrogens is 1. The van der Waals surface area contributed by atoms with E-state index in [0.717, 1.165) is 42.6 Å². The van der Waals surface area contributed by atoms with E-state index in [1.807, 2.05) is 61.6 Å². The van der Waals surface area contributed by atoms with E-state index in [1.165, 1.54) is 0 Å². The Labute approximate surface area is 156 Å². The van der Waals surface area contributed by atoms with Crippen LogP contribution in [-0.2, 0) is 6.54 Å². The van der Waals surface area contributed by atoms with Gasteiger partial charge in [-0.3, -0.25) is 0 Å². The summed E-state index contributed by atoms with van der Waals surface area (Å²) in [5, 5.41) is 6.62. The molecule has 2 rings (SSSR count). The Hall–Kier alpha value is -2.76. The Morgan fingerprint density at radius 2 is 1.96 bits per heavy atom. The zero-order chi connectivity index (χ0) is 18.6. The maximum atomic E-state index is 5.70. The third-order valence-corrected chi connectivity index (χ3v) is 3.66. The van der Waals surface area contributed by atoms with Crippen molar-refractivity contribution in [3.8, 4) is 5.75 Å². The number of benzene rings is 1. The molecule has 2 N–H and O–H groups in total. The van der Waals surface area contributed by atoms with Crippen molar-refractivity contribution in [2.45, 2.75) is 19.9 Å². The zero-order valence-corrected chi connectivity index (χ0v) is 15.9. The largest absolute Gasteiger partial charge is 0.494 e. The third kappa shape index (κ3) is 7.01. The Balaban J connectivity index is 1.78. The lowest BCUT2D eigenvalue weighted by molar-refractivity contribution is 0.311. The molecule has 0 aliphatic rings. The van der Waals surface area contributed by atoms with Gasteiger partial charge in [0.15, 0.2) is 5.96 Å². The number of ether oxygens (including phenoxy) is 1. The summed E-state index contributed by atoms with van der Waals surface area (Å²) in [7, 11) is 3.97. The number of nitrogens with zero attached hydrogens (tertiary/aromatic N) is 3. The molecule has 1 aromatic carbocycles. The lowest BCUT2D eigenvalue weighted by Crippen LogP contribution is -2.38. The van der Waals surface area contributed by atoms with Gasteiger partial charge >= 0.3 is 0 Å². The average molecular weight is 355 g/mol. The molecule has 6 nitrogen and oxygen atoms in total. The Morgan fingerprint density at radius 3 is 2.69 bits per heavy atom. The first kappa shape index (κ1) is 19.6. The number of hydrogen-bond donors (Lipinski definition) is 2. The SMILES string of the molecule is CCNC(=NCc1ccnc(N(C)C)c1)NCCCOc1ccccc1. The minimum absolute atomic E-state index is 0.610. The molecule has 1 aromatic heterocycles. The summed E-state index contributed by atoms with van der Waals surface area (Å²) in [6.45, 7) is 4.97. The Morgan fingerprint density at radius 1 is 1.15 bits per heavy atom. The predicted octanol–water partition coefficient (Wildman–Crippen LogP) is 2.67. The number of nitrogens with one attached hydrogen (secondary N) is 2. The van der Waals surface area contributed by atoms with Gasteiger partial charge in [0.2, 0.25) is 0 Å². The van der Waals surface area contributed by atoms with Gasteiger partial charge in [0, 0.05) is 33.4 Å². The minimum atomic E-state index is 0.610. The van der Waals surface area contributed by atoms with E-state index in [0.29, 0.717) is 13.2 Å². The molecular weight excluding hydrogens is 326 g/mol. The second-order valence-electron chi connectivity index (χ2n) is 6.05. The molecule has 26 heavy (non-hydrogen) atoms. The number of para-hydroxylation sites is 1. The Kier molecular flexibility index (Phi) is 8.26. The molecule has 0 bridgehead atoms. The summed E-state index contributed by atoms with van der Waals surface area (Å²) in [6, 6.07) is 13.9. The van der Waals surface area contributed by atoms with Crippen molar-refractivity contribution < 1.29 is 4.74 Å². The summed E-state index contributed by atoms with van der Waals surface area (Å²) in [4.78, 5) is 11.0. The molecule has 0 saturated carbocycles. The highest BCUT2D eigenvalue weighted by molar-refractivity contribution is 5.79. The number of anilines is 1. The second kappa shape index (κ2) is 11.0. The first-order valence-electron chi connectivity index (χ1n) is 9.01. The second-order valence-corrected chi connectivity index (χ2v) is 6.05. The lowest BCUT2D eigenvalue weighted by Gasteiger charge is -2.13. The standard InChI is InChI=1S/C20H29N5O/c1-4-21-20(23-12-8-14-26-18-9-6-5-7-10-18)24-16-17-11-13-22-19(15-17)25(2)3/h5-7,9-11,13,15H,4,8,12,14,16H2,1-3H3,(H2,21,23,24). The molecule has 0 spiro atoms. The molecule has 0 saturated heterocycles. The van der Waals surface area contributed by atoms with Crippen molar-refractivity contribution in [3.63, 3.8) is 0 Å². The highest BCUT2D eigenvalue weighted by atomic mass is 16.5. The normalized spacial score (nSPS) is 11.1. The molecular formula is C20H29N5O. The smallest absolute Gasteiger partial charge is 0.191 e. The summed E-state index contributed by atoms with van der Waals surface area (Å²) < 4.78 is 5.70. The van der Waals surface area contributed by atoms with E-state index >= 15 is 0 Å². The Bertz CT molecular complexity index is 673. The number of aliphatic imine (C=N–C) groups is 1. The van der Waals surface area contributed by atoms with Crippen LogP contribution < -0.4 is 20.3 Å². The van der Waals surface area contributed by atoms with Crippen molar-refractivity contribution in [1.82, 2.24) is 15.6 Å². The van der Waals surface area contributed by atoms with Crippen LogP contribution in [0.4, 0.5) is 5.82 Å². The highest BCUT2D eigenvalue weighted by Gasteiger charge is 2.01. The molecule has 6 heteroatoms. The van der Waals surface area contributed by atoms with E-state index in [4.69, 9.17) is 4.74 Å². The molecule has 0 aliphatic carbocycles. The van der Waals surface area contributed by atoms with Crippen LogP contribution in [0, 0.1) is 0 Å². The van der Waals surface area contributed by atoms with Gasteiger partial charge in [-0.15, -0.1) is 0 Å². The van der Waals surface area contributed by atoms with Crippen molar-refractivity contribution in [2.24, 2.45) is 4.99 Å². The number of rotatable bonds is 9. The first-order chi connectivity index (χ1) is 12.7. The summed E-state index contributed by atoms with van der Waals surface area (Å²) in [6.07, 6.45) is 2.72. The van der Waals surface area contributed by atoms with Gasteiger partial charge in [0.05, 0.1) is 13.2 Å². The highest BCUT2D eigenvalue weighted by Crippen LogP contribution is 2.10. The van der Waals surface area contributed by atoms with Crippen molar-refractivity contribution in [2.75, 3.05) is 38.7 Å². The van der Waals surface area contributed by atoms with Crippen LogP contribution in [0.15, 0.2) is 53.7 Å². The van der Waals surface area contributed by atoms with Crippen LogP contribution in [-0.4, -0.2) is 44.7 Å². The van der Waals surface area contributed by atoms with Crippen LogP contribution >= 0.6 is 0 Å². The predicted molar refractivity (Wildman–Crippen MR) is 108 cm³/mol. The summed E-state index contributed by atoms with van der Waals surface area (Å²) >= 11 is 0.